The molecule has 0 bridgehead atoms. The molecule has 2 saturated carbocycles. The standard InChI is InChI=1S/C27H32ClN7O3/c1-15-7-9-16(10-8-15)14-35-21-20(18-11-19(28)13-29-12-18)30-24(25-33-27(36)38-34-25)31-23(21)32-26(35)22(37-2)17-5-3-4-6-17/h11-13,15-17,22H,3-10,14H2,1-2H3,(H,33,34,36)/t15-,16-,22?. The van der Waals surface area contributed by atoms with Gasteiger partial charge in [0.2, 0.25) is 11.6 Å². The van der Waals surface area contributed by atoms with Crippen LogP contribution in [0.2, 0.25) is 5.02 Å². The normalized spacial score (nSPS) is 21.3. The van der Waals surface area contributed by atoms with Crippen LogP contribution in [0.3, 0.4) is 0 Å². The number of imidazole rings is 1. The SMILES string of the molecule is COC(c1nc2nc(-c3noc(=O)[nH]3)nc(-c3cncc(Cl)c3)c2n1C[C@H]1CC[C@H](C)CC1)C1CCCC1. The summed E-state index contributed by atoms with van der Waals surface area (Å²) in [5.74, 6) is 2.26. The second kappa shape index (κ2) is 10.6. The van der Waals surface area contributed by atoms with Gasteiger partial charge in [0.05, 0.1) is 5.02 Å². The largest absolute Gasteiger partial charge is 0.439 e. The fraction of sp³-hybridized carbons (Fsp3) is 0.556. The van der Waals surface area contributed by atoms with E-state index in [1.165, 1.54) is 38.5 Å². The Kier molecular flexibility index (Phi) is 7.01. The van der Waals surface area contributed by atoms with Gasteiger partial charge in [0.15, 0.2) is 5.65 Å². The molecule has 200 valence electrons. The van der Waals surface area contributed by atoms with E-state index in [2.05, 4.69) is 26.6 Å². The van der Waals surface area contributed by atoms with Crippen molar-refractivity contribution in [3.8, 4) is 22.9 Å². The molecule has 38 heavy (non-hydrogen) atoms. The molecule has 2 aliphatic carbocycles. The number of hydrogen-bond acceptors (Lipinski definition) is 8. The molecule has 4 heterocycles. The maximum Gasteiger partial charge on any atom is 0.439 e. The molecule has 1 unspecified atom stereocenters. The summed E-state index contributed by atoms with van der Waals surface area (Å²) in [6, 6.07) is 1.83. The molecule has 10 nitrogen and oxygen atoms in total. The van der Waals surface area contributed by atoms with Crippen LogP contribution >= 0.6 is 11.6 Å². The molecular formula is C27H32ClN7O3. The first-order valence-electron chi connectivity index (χ1n) is 13.5. The number of H-pyrrole nitrogens is 1. The molecule has 2 fully saturated rings. The van der Waals surface area contributed by atoms with E-state index in [1.54, 1.807) is 19.5 Å². The van der Waals surface area contributed by atoms with E-state index in [0.717, 1.165) is 42.2 Å². The first-order chi connectivity index (χ1) is 18.5. The molecular weight excluding hydrogens is 506 g/mol. The number of aromatic amines is 1. The molecule has 11 heteroatoms. The van der Waals surface area contributed by atoms with Gasteiger partial charge in [-0.05, 0) is 49.5 Å². The Balaban J connectivity index is 1.58. The summed E-state index contributed by atoms with van der Waals surface area (Å²) in [4.78, 5) is 33.3. The van der Waals surface area contributed by atoms with Crippen LogP contribution in [-0.4, -0.2) is 41.8 Å². The third-order valence-electron chi connectivity index (χ3n) is 8.18. The number of fused-ring (bicyclic) bond motifs is 1. The second-order valence-corrected chi connectivity index (χ2v) is 11.2. The summed E-state index contributed by atoms with van der Waals surface area (Å²) < 4.78 is 13.2. The van der Waals surface area contributed by atoms with Gasteiger partial charge in [-0.3, -0.25) is 14.5 Å². The molecule has 0 aliphatic heterocycles. The molecule has 6 rings (SSSR count). The van der Waals surface area contributed by atoms with Gasteiger partial charge < -0.3 is 9.30 Å². The van der Waals surface area contributed by atoms with Crippen molar-refractivity contribution in [1.29, 1.82) is 0 Å². The van der Waals surface area contributed by atoms with Crippen molar-refractivity contribution in [1.82, 2.24) is 34.6 Å². The van der Waals surface area contributed by atoms with Crippen LogP contribution in [0.4, 0.5) is 0 Å². The van der Waals surface area contributed by atoms with E-state index in [1.807, 2.05) is 6.07 Å². The lowest BCUT2D eigenvalue weighted by molar-refractivity contribution is 0.0432. The lowest BCUT2D eigenvalue weighted by Gasteiger charge is -2.29. The number of nitrogens with zero attached hydrogens (tertiary/aromatic N) is 6. The van der Waals surface area contributed by atoms with Gasteiger partial charge in [-0.15, -0.1) is 0 Å². The summed E-state index contributed by atoms with van der Waals surface area (Å²) in [7, 11) is 1.77. The van der Waals surface area contributed by atoms with Crippen molar-refractivity contribution in [3.63, 3.8) is 0 Å². The quantitative estimate of drug-likeness (QED) is 0.323. The van der Waals surface area contributed by atoms with Crippen molar-refractivity contribution in [2.75, 3.05) is 7.11 Å². The zero-order valence-electron chi connectivity index (χ0n) is 21.7. The van der Waals surface area contributed by atoms with Crippen molar-refractivity contribution in [3.05, 3.63) is 39.9 Å². The average molecular weight is 538 g/mol. The Bertz CT molecular complexity index is 1480. The van der Waals surface area contributed by atoms with Crippen LogP contribution in [0.25, 0.3) is 34.1 Å². The molecule has 1 N–H and O–H groups in total. The lowest BCUT2D eigenvalue weighted by atomic mass is 9.83. The molecule has 1 atom stereocenters. The number of ether oxygens (including phenoxy) is 1. The summed E-state index contributed by atoms with van der Waals surface area (Å²) in [6.45, 7) is 3.15. The monoisotopic (exact) mass is 537 g/mol. The summed E-state index contributed by atoms with van der Waals surface area (Å²) >= 11 is 6.36. The smallest absolute Gasteiger partial charge is 0.373 e. The Hall–Kier alpha value is -3.11. The number of nitrogens with one attached hydrogen (secondary N) is 1. The van der Waals surface area contributed by atoms with Crippen molar-refractivity contribution >= 4 is 22.8 Å². The van der Waals surface area contributed by atoms with E-state index in [0.29, 0.717) is 28.2 Å². The highest BCUT2D eigenvalue weighted by Crippen LogP contribution is 2.41. The summed E-state index contributed by atoms with van der Waals surface area (Å²) in [6.07, 6.45) is 12.6. The third kappa shape index (κ3) is 4.87. The van der Waals surface area contributed by atoms with Gasteiger partial charge in [0.1, 0.15) is 23.1 Å². The highest BCUT2D eigenvalue weighted by atomic mass is 35.5. The van der Waals surface area contributed by atoms with Crippen LogP contribution in [-0.2, 0) is 11.3 Å². The predicted octanol–water partition coefficient (Wildman–Crippen LogP) is 5.59. The number of aromatic nitrogens is 7. The molecule has 0 saturated heterocycles. The molecule has 0 spiro atoms. The minimum atomic E-state index is -0.673. The Morgan fingerprint density at radius 3 is 2.61 bits per heavy atom. The van der Waals surface area contributed by atoms with Gasteiger partial charge in [0.25, 0.3) is 0 Å². The van der Waals surface area contributed by atoms with Gasteiger partial charge in [0, 0.05) is 31.6 Å². The first-order valence-corrected chi connectivity index (χ1v) is 13.9. The second-order valence-electron chi connectivity index (χ2n) is 10.8. The van der Waals surface area contributed by atoms with Crippen molar-refractivity contribution in [2.24, 2.45) is 17.8 Å². The highest BCUT2D eigenvalue weighted by molar-refractivity contribution is 6.30. The van der Waals surface area contributed by atoms with Crippen LogP contribution in [0.15, 0.2) is 27.8 Å². The fourth-order valence-corrected chi connectivity index (χ4v) is 6.34. The summed E-state index contributed by atoms with van der Waals surface area (Å²) in [5.41, 5.74) is 2.70. The number of hydrogen-bond donors (Lipinski definition) is 1. The van der Waals surface area contributed by atoms with E-state index in [-0.39, 0.29) is 17.8 Å². The molecule has 4 aromatic rings. The van der Waals surface area contributed by atoms with Crippen LogP contribution in [0.5, 0.6) is 0 Å². The number of methoxy groups -OCH3 is 1. The number of halogens is 1. The van der Waals surface area contributed by atoms with Gasteiger partial charge in [-0.1, -0.05) is 49.4 Å². The predicted molar refractivity (Wildman–Crippen MR) is 143 cm³/mol. The van der Waals surface area contributed by atoms with E-state index in [4.69, 9.17) is 35.8 Å². The van der Waals surface area contributed by atoms with E-state index >= 15 is 0 Å². The average Bonchev–Trinajstić information content (AvgIpc) is 3.67. The highest BCUT2D eigenvalue weighted by Gasteiger charge is 2.33. The third-order valence-corrected chi connectivity index (χ3v) is 8.38. The van der Waals surface area contributed by atoms with Gasteiger partial charge >= 0.3 is 5.76 Å². The van der Waals surface area contributed by atoms with E-state index < -0.39 is 5.76 Å². The zero-order chi connectivity index (χ0) is 26.2. The molecule has 4 aromatic heterocycles. The molecule has 0 radical (unpaired) electrons. The molecule has 2 aliphatic rings. The summed E-state index contributed by atoms with van der Waals surface area (Å²) in [5, 5.41) is 4.32. The van der Waals surface area contributed by atoms with Crippen LogP contribution in [0, 0.1) is 17.8 Å². The molecule has 0 aromatic carbocycles. The minimum Gasteiger partial charge on any atom is -0.373 e. The topological polar surface area (TPSA) is 125 Å². The fourth-order valence-electron chi connectivity index (χ4n) is 6.17. The van der Waals surface area contributed by atoms with Crippen LogP contribution in [0.1, 0.15) is 70.2 Å². The Morgan fingerprint density at radius 1 is 1.13 bits per heavy atom. The maximum absolute atomic E-state index is 11.7. The number of rotatable bonds is 7. The van der Waals surface area contributed by atoms with Crippen LogP contribution < -0.4 is 5.76 Å². The van der Waals surface area contributed by atoms with Crippen molar-refractivity contribution in [2.45, 2.75) is 70.9 Å². The van der Waals surface area contributed by atoms with Gasteiger partial charge in [-0.25, -0.2) is 19.7 Å². The first kappa shape index (κ1) is 25.2. The zero-order valence-corrected chi connectivity index (χ0v) is 22.4. The Morgan fingerprint density at radius 2 is 1.92 bits per heavy atom. The lowest BCUT2D eigenvalue weighted by Crippen LogP contribution is -2.22. The Labute approximate surface area is 225 Å². The maximum atomic E-state index is 11.7. The van der Waals surface area contributed by atoms with Gasteiger partial charge in [-0.2, -0.15) is 0 Å². The van der Waals surface area contributed by atoms with Crippen molar-refractivity contribution < 1.29 is 9.26 Å². The number of pyridine rings is 1. The van der Waals surface area contributed by atoms with E-state index in [9.17, 15) is 4.79 Å². The molecule has 0 amide bonds. The minimum absolute atomic E-state index is 0.143.